The number of para-hydroxylation sites is 1. The first-order chi connectivity index (χ1) is 9.90. The van der Waals surface area contributed by atoms with Gasteiger partial charge in [-0.25, -0.2) is 13.6 Å². The molecule has 0 heterocycles. The maximum atomic E-state index is 11.6. The molecule has 2 rings (SSSR count). The van der Waals surface area contributed by atoms with E-state index in [-0.39, 0.29) is 11.2 Å². The Hall–Kier alpha value is -0.590. The fourth-order valence-electron chi connectivity index (χ4n) is 3.03. The van der Waals surface area contributed by atoms with E-state index >= 15 is 0 Å². The summed E-state index contributed by atoms with van der Waals surface area (Å²) < 4.78 is 30.0. The van der Waals surface area contributed by atoms with Crippen LogP contribution in [0.15, 0.2) is 28.7 Å². The number of rotatable bonds is 5. The minimum atomic E-state index is -3.50. The van der Waals surface area contributed by atoms with Gasteiger partial charge in [0, 0.05) is 5.41 Å². The molecule has 1 aliphatic carbocycles. The molecule has 2 N–H and O–H groups in total. The van der Waals surface area contributed by atoms with Crippen LogP contribution in [0.5, 0.6) is 5.75 Å². The van der Waals surface area contributed by atoms with Crippen molar-refractivity contribution in [1.29, 1.82) is 0 Å². The van der Waals surface area contributed by atoms with Gasteiger partial charge in [0.1, 0.15) is 5.75 Å². The summed E-state index contributed by atoms with van der Waals surface area (Å²) in [5.41, 5.74) is -0.362. The van der Waals surface area contributed by atoms with Crippen molar-refractivity contribution in [3.8, 4) is 5.75 Å². The Morgan fingerprint density at radius 2 is 1.76 bits per heavy atom. The highest BCUT2D eigenvalue weighted by molar-refractivity contribution is 9.10. The molecule has 0 bridgehead atoms. The number of benzene rings is 1. The fourth-order valence-corrected chi connectivity index (χ4v) is 4.65. The molecule has 118 valence electrons. The normalized spacial score (nSPS) is 19.0. The van der Waals surface area contributed by atoms with Gasteiger partial charge in [-0.3, -0.25) is 0 Å². The van der Waals surface area contributed by atoms with Crippen molar-refractivity contribution < 1.29 is 13.2 Å². The molecule has 0 atom stereocenters. The predicted molar refractivity (Wildman–Crippen MR) is 87.7 cm³/mol. The predicted octanol–water partition coefficient (Wildman–Crippen LogP) is 3.46. The quantitative estimate of drug-likeness (QED) is 0.801. The summed E-state index contributed by atoms with van der Waals surface area (Å²) in [6, 6.07) is 7.61. The lowest BCUT2D eigenvalue weighted by Gasteiger charge is -2.31. The topological polar surface area (TPSA) is 69.4 Å². The number of sulfonamides is 1. The fraction of sp³-hybridized carbons (Fsp3) is 0.600. The number of nitrogens with two attached hydrogens (primary N) is 1. The van der Waals surface area contributed by atoms with Crippen molar-refractivity contribution >= 4 is 26.0 Å². The van der Waals surface area contributed by atoms with Gasteiger partial charge in [0.15, 0.2) is 0 Å². The summed E-state index contributed by atoms with van der Waals surface area (Å²) in [6.45, 7) is 0.395. The van der Waals surface area contributed by atoms with Crippen LogP contribution in [0.2, 0.25) is 0 Å². The Morgan fingerprint density at radius 3 is 2.33 bits per heavy atom. The van der Waals surface area contributed by atoms with Crippen molar-refractivity contribution in [3.05, 3.63) is 28.7 Å². The smallest absolute Gasteiger partial charge is 0.209 e. The Bertz CT molecular complexity index is 566. The lowest BCUT2D eigenvalue weighted by molar-refractivity contribution is 0.145. The first-order valence-electron chi connectivity index (χ1n) is 7.28. The van der Waals surface area contributed by atoms with Gasteiger partial charge < -0.3 is 4.74 Å². The van der Waals surface area contributed by atoms with Crippen LogP contribution in [0.3, 0.4) is 0 Å². The standard InChI is InChI=1S/C15H22BrNO3S/c16-13-7-3-4-8-14(13)20-11-15(12-21(17,18)19)9-5-1-2-6-10-15/h3-4,7-8H,1-2,5-6,9-12H2,(H2,17,18,19). The van der Waals surface area contributed by atoms with Crippen molar-refractivity contribution in [1.82, 2.24) is 0 Å². The summed E-state index contributed by atoms with van der Waals surface area (Å²) in [4.78, 5) is 0. The summed E-state index contributed by atoms with van der Waals surface area (Å²) >= 11 is 3.45. The number of hydrogen-bond acceptors (Lipinski definition) is 3. The molecule has 0 spiro atoms. The van der Waals surface area contributed by atoms with Gasteiger partial charge in [0.25, 0.3) is 0 Å². The van der Waals surface area contributed by atoms with Gasteiger partial charge in [0.2, 0.25) is 10.0 Å². The second kappa shape index (κ2) is 7.11. The third kappa shape index (κ3) is 5.27. The van der Waals surface area contributed by atoms with Crippen molar-refractivity contribution in [2.45, 2.75) is 38.5 Å². The SMILES string of the molecule is NS(=O)(=O)CC1(COc2ccccc2Br)CCCCCC1. The second-order valence-corrected chi connectivity index (χ2v) is 8.41. The van der Waals surface area contributed by atoms with E-state index in [4.69, 9.17) is 9.88 Å². The van der Waals surface area contributed by atoms with Crippen molar-refractivity contribution in [3.63, 3.8) is 0 Å². The van der Waals surface area contributed by atoms with E-state index in [0.717, 1.165) is 48.7 Å². The average Bonchev–Trinajstić information content (AvgIpc) is 2.62. The molecule has 0 aromatic heterocycles. The molecule has 6 heteroatoms. The van der Waals surface area contributed by atoms with Crippen LogP contribution in [-0.2, 0) is 10.0 Å². The molecule has 1 aliphatic rings. The monoisotopic (exact) mass is 375 g/mol. The van der Waals surface area contributed by atoms with Crippen LogP contribution in [0.25, 0.3) is 0 Å². The van der Waals surface area contributed by atoms with E-state index in [1.807, 2.05) is 24.3 Å². The van der Waals surface area contributed by atoms with Gasteiger partial charge in [-0.15, -0.1) is 0 Å². The van der Waals surface area contributed by atoms with Gasteiger partial charge >= 0.3 is 0 Å². The molecule has 0 aliphatic heterocycles. The zero-order valence-electron chi connectivity index (χ0n) is 12.1. The lowest BCUT2D eigenvalue weighted by atomic mass is 9.83. The minimum absolute atomic E-state index is 0.00442. The average molecular weight is 376 g/mol. The van der Waals surface area contributed by atoms with Crippen LogP contribution >= 0.6 is 15.9 Å². The van der Waals surface area contributed by atoms with Gasteiger partial charge in [-0.2, -0.15) is 0 Å². The van der Waals surface area contributed by atoms with Crippen LogP contribution in [0.4, 0.5) is 0 Å². The molecule has 0 radical (unpaired) electrons. The molecule has 0 saturated heterocycles. The van der Waals surface area contributed by atoms with Crippen LogP contribution in [0, 0.1) is 5.41 Å². The summed E-state index contributed by atoms with van der Waals surface area (Å²) in [7, 11) is -3.50. The summed E-state index contributed by atoms with van der Waals surface area (Å²) in [5, 5.41) is 5.31. The van der Waals surface area contributed by atoms with E-state index in [2.05, 4.69) is 15.9 Å². The third-order valence-corrected chi connectivity index (χ3v) is 5.71. The lowest BCUT2D eigenvalue weighted by Crippen LogP contribution is -2.38. The summed E-state index contributed by atoms with van der Waals surface area (Å²) in [5.74, 6) is 0.750. The molecule has 1 aromatic rings. The maximum absolute atomic E-state index is 11.6. The molecular formula is C15H22BrNO3S. The van der Waals surface area contributed by atoms with E-state index in [0.29, 0.717) is 6.61 Å². The molecule has 1 saturated carbocycles. The summed E-state index contributed by atoms with van der Waals surface area (Å²) in [6.07, 6.45) is 6.09. The Morgan fingerprint density at radius 1 is 1.14 bits per heavy atom. The molecule has 0 unspecified atom stereocenters. The molecule has 21 heavy (non-hydrogen) atoms. The minimum Gasteiger partial charge on any atom is -0.492 e. The largest absolute Gasteiger partial charge is 0.492 e. The van der Waals surface area contributed by atoms with Gasteiger partial charge in [-0.05, 0) is 40.9 Å². The third-order valence-electron chi connectivity index (χ3n) is 4.04. The molecule has 1 fully saturated rings. The zero-order chi connectivity index (χ0) is 15.3. The highest BCUT2D eigenvalue weighted by atomic mass is 79.9. The Balaban J connectivity index is 2.14. The number of hydrogen-bond donors (Lipinski definition) is 1. The molecular weight excluding hydrogens is 354 g/mol. The van der Waals surface area contributed by atoms with Crippen molar-refractivity contribution in [2.75, 3.05) is 12.4 Å². The van der Waals surface area contributed by atoms with E-state index in [1.54, 1.807) is 0 Å². The van der Waals surface area contributed by atoms with Crippen LogP contribution < -0.4 is 9.88 Å². The van der Waals surface area contributed by atoms with E-state index in [1.165, 1.54) is 0 Å². The van der Waals surface area contributed by atoms with Crippen LogP contribution in [-0.4, -0.2) is 20.8 Å². The van der Waals surface area contributed by atoms with Crippen molar-refractivity contribution in [2.24, 2.45) is 10.6 Å². The van der Waals surface area contributed by atoms with Gasteiger partial charge in [-0.1, -0.05) is 37.8 Å². The molecule has 0 amide bonds. The second-order valence-electron chi connectivity index (χ2n) is 5.94. The molecule has 1 aromatic carbocycles. The highest BCUT2D eigenvalue weighted by Crippen LogP contribution is 2.37. The number of halogens is 1. The zero-order valence-corrected chi connectivity index (χ0v) is 14.5. The Labute approximate surface area is 135 Å². The Kier molecular flexibility index (Phi) is 5.68. The van der Waals surface area contributed by atoms with E-state index in [9.17, 15) is 8.42 Å². The maximum Gasteiger partial charge on any atom is 0.209 e. The molecule has 4 nitrogen and oxygen atoms in total. The van der Waals surface area contributed by atoms with E-state index < -0.39 is 10.0 Å². The number of ether oxygens (including phenoxy) is 1. The number of primary sulfonamides is 1. The highest BCUT2D eigenvalue weighted by Gasteiger charge is 2.35. The van der Waals surface area contributed by atoms with Gasteiger partial charge in [0.05, 0.1) is 16.8 Å². The first kappa shape index (κ1) is 16.8. The first-order valence-corrected chi connectivity index (χ1v) is 9.79. The van der Waals surface area contributed by atoms with Crippen LogP contribution in [0.1, 0.15) is 38.5 Å².